The van der Waals surface area contributed by atoms with Crippen molar-refractivity contribution < 1.29 is 8.42 Å². The van der Waals surface area contributed by atoms with Gasteiger partial charge >= 0.3 is 0 Å². The second-order valence-electron chi connectivity index (χ2n) is 4.63. The van der Waals surface area contributed by atoms with Crippen molar-refractivity contribution in [3.8, 4) is 12.3 Å². The predicted molar refractivity (Wildman–Crippen MR) is 78.9 cm³/mol. The average molecular weight is 343 g/mol. The first-order chi connectivity index (χ1) is 8.95. The summed E-state index contributed by atoms with van der Waals surface area (Å²) >= 11 is 3.25. The Labute approximate surface area is 122 Å². The monoisotopic (exact) mass is 342 g/mol. The lowest BCUT2D eigenvalue weighted by atomic mass is 10.3. The third-order valence-corrected chi connectivity index (χ3v) is 5.79. The lowest BCUT2D eigenvalue weighted by Crippen LogP contribution is -2.33. The van der Waals surface area contributed by atoms with Gasteiger partial charge in [-0.25, -0.2) is 8.42 Å². The van der Waals surface area contributed by atoms with Gasteiger partial charge in [-0.2, -0.15) is 4.31 Å². The summed E-state index contributed by atoms with van der Waals surface area (Å²) < 4.78 is 27.0. The fraction of sp³-hybridized carbons (Fsp3) is 0.385. The molecule has 19 heavy (non-hydrogen) atoms. The summed E-state index contributed by atoms with van der Waals surface area (Å²) in [4.78, 5) is 0.206. The van der Waals surface area contributed by atoms with Crippen LogP contribution in [0.15, 0.2) is 27.6 Å². The molecular formula is C13H15BrN2O2S. The van der Waals surface area contributed by atoms with Gasteiger partial charge in [0.05, 0.1) is 11.4 Å². The standard InChI is InChI=1S/C13H15BrN2O2S/c1-2-7-16(9-10-3-4-10)19(17,18)13-6-5-11(15)8-12(13)14/h1,5-6,8,10H,3-4,7,9,15H2. The molecule has 1 aromatic rings. The Bertz CT molecular complexity index is 618. The largest absolute Gasteiger partial charge is 0.399 e. The maximum Gasteiger partial charge on any atom is 0.245 e. The molecule has 0 aliphatic heterocycles. The van der Waals surface area contributed by atoms with Crippen LogP contribution in [0.3, 0.4) is 0 Å². The number of nitrogens with zero attached hydrogens (tertiary/aromatic N) is 1. The molecule has 2 N–H and O–H groups in total. The quantitative estimate of drug-likeness (QED) is 0.658. The van der Waals surface area contributed by atoms with E-state index in [0.717, 1.165) is 12.8 Å². The van der Waals surface area contributed by atoms with Gasteiger partial charge in [-0.15, -0.1) is 6.42 Å². The van der Waals surface area contributed by atoms with E-state index in [2.05, 4.69) is 21.9 Å². The van der Waals surface area contributed by atoms with Crippen LogP contribution in [0.1, 0.15) is 12.8 Å². The van der Waals surface area contributed by atoms with Crippen LogP contribution in [0, 0.1) is 18.3 Å². The summed E-state index contributed by atoms with van der Waals surface area (Å²) in [5, 5.41) is 0. The molecule has 1 fully saturated rings. The van der Waals surface area contributed by atoms with Crippen LogP contribution in [-0.4, -0.2) is 25.8 Å². The van der Waals surface area contributed by atoms with Crippen LogP contribution in [0.25, 0.3) is 0 Å². The van der Waals surface area contributed by atoms with E-state index in [9.17, 15) is 8.42 Å². The molecule has 102 valence electrons. The number of hydrogen-bond donors (Lipinski definition) is 1. The van der Waals surface area contributed by atoms with E-state index in [-0.39, 0.29) is 11.4 Å². The normalized spacial score (nSPS) is 15.4. The van der Waals surface area contributed by atoms with Gasteiger partial charge in [-0.05, 0) is 52.9 Å². The highest BCUT2D eigenvalue weighted by Gasteiger charge is 2.32. The Morgan fingerprint density at radius 1 is 1.47 bits per heavy atom. The molecule has 0 radical (unpaired) electrons. The molecule has 0 spiro atoms. The van der Waals surface area contributed by atoms with Crippen LogP contribution < -0.4 is 5.73 Å². The van der Waals surface area contributed by atoms with Gasteiger partial charge in [0.1, 0.15) is 0 Å². The van der Waals surface area contributed by atoms with Gasteiger partial charge in [0.2, 0.25) is 10.0 Å². The maximum atomic E-state index is 12.6. The van der Waals surface area contributed by atoms with Crippen LogP contribution in [0.4, 0.5) is 5.69 Å². The second-order valence-corrected chi connectivity index (χ2v) is 7.40. The number of nitrogen functional groups attached to an aromatic ring is 1. The molecule has 2 rings (SSSR count). The molecule has 0 unspecified atom stereocenters. The highest BCUT2D eigenvalue weighted by molar-refractivity contribution is 9.10. The minimum Gasteiger partial charge on any atom is -0.399 e. The van der Waals surface area contributed by atoms with Gasteiger partial charge in [0.25, 0.3) is 0 Å². The first-order valence-electron chi connectivity index (χ1n) is 5.94. The fourth-order valence-electron chi connectivity index (χ4n) is 1.80. The van der Waals surface area contributed by atoms with Gasteiger partial charge in [-0.1, -0.05) is 5.92 Å². The van der Waals surface area contributed by atoms with Crippen LogP contribution >= 0.6 is 15.9 Å². The molecule has 1 aromatic carbocycles. The average Bonchev–Trinajstić information content (AvgIpc) is 3.11. The van der Waals surface area contributed by atoms with Gasteiger partial charge in [-0.3, -0.25) is 0 Å². The zero-order chi connectivity index (χ0) is 14.0. The van der Waals surface area contributed by atoms with Crippen LogP contribution in [-0.2, 0) is 10.0 Å². The van der Waals surface area contributed by atoms with E-state index in [4.69, 9.17) is 12.2 Å². The minimum absolute atomic E-state index is 0.0929. The van der Waals surface area contributed by atoms with Crippen molar-refractivity contribution in [1.82, 2.24) is 4.31 Å². The van der Waals surface area contributed by atoms with Crippen molar-refractivity contribution in [2.45, 2.75) is 17.7 Å². The third-order valence-electron chi connectivity index (χ3n) is 3.00. The molecule has 0 amide bonds. The lowest BCUT2D eigenvalue weighted by Gasteiger charge is -2.20. The Hall–Kier alpha value is -1.03. The number of benzene rings is 1. The summed E-state index contributed by atoms with van der Waals surface area (Å²) in [5.41, 5.74) is 6.14. The number of hydrogen-bond acceptors (Lipinski definition) is 3. The molecule has 1 saturated carbocycles. The SMILES string of the molecule is C#CCN(CC1CC1)S(=O)(=O)c1ccc(N)cc1Br. The molecule has 0 heterocycles. The highest BCUT2D eigenvalue weighted by Crippen LogP contribution is 2.33. The maximum absolute atomic E-state index is 12.6. The molecule has 6 heteroatoms. The first kappa shape index (κ1) is 14.4. The number of nitrogens with two attached hydrogens (primary N) is 1. The first-order valence-corrected chi connectivity index (χ1v) is 8.17. The topological polar surface area (TPSA) is 63.4 Å². The van der Waals surface area contributed by atoms with E-state index in [0.29, 0.717) is 22.6 Å². The minimum atomic E-state index is -3.58. The molecule has 0 bridgehead atoms. The Kier molecular flexibility index (Phi) is 4.19. The number of anilines is 1. The summed E-state index contributed by atoms with van der Waals surface area (Å²) in [6.45, 7) is 0.582. The third kappa shape index (κ3) is 3.30. The van der Waals surface area contributed by atoms with E-state index in [1.165, 1.54) is 10.4 Å². The van der Waals surface area contributed by atoms with E-state index < -0.39 is 10.0 Å². The van der Waals surface area contributed by atoms with Crippen molar-refractivity contribution in [2.24, 2.45) is 5.92 Å². The van der Waals surface area contributed by atoms with Crippen molar-refractivity contribution in [1.29, 1.82) is 0 Å². The van der Waals surface area contributed by atoms with E-state index in [1.807, 2.05) is 0 Å². The predicted octanol–water partition coefficient (Wildman–Crippen LogP) is 2.07. The summed E-state index contributed by atoms with van der Waals surface area (Å²) in [6.07, 6.45) is 7.41. The van der Waals surface area contributed by atoms with E-state index in [1.54, 1.807) is 12.1 Å². The molecule has 4 nitrogen and oxygen atoms in total. The van der Waals surface area contributed by atoms with Crippen molar-refractivity contribution in [3.05, 3.63) is 22.7 Å². The molecule has 0 atom stereocenters. The van der Waals surface area contributed by atoms with Gasteiger partial charge < -0.3 is 5.73 Å². The second kappa shape index (κ2) is 5.53. The van der Waals surface area contributed by atoms with Crippen molar-refractivity contribution in [3.63, 3.8) is 0 Å². The number of sulfonamides is 1. The Morgan fingerprint density at radius 3 is 2.68 bits per heavy atom. The van der Waals surface area contributed by atoms with Gasteiger partial charge in [0.15, 0.2) is 0 Å². The van der Waals surface area contributed by atoms with Crippen molar-refractivity contribution >= 4 is 31.6 Å². The highest BCUT2D eigenvalue weighted by atomic mass is 79.9. The zero-order valence-corrected chi connectivity index (χ0v) is 12.7. The summed E-state index contributed by atoms with van der Waals surface area (Å²) in [5.74, 6) is 2.85. The molecule has 1 aliphatic carbocycles. The van der Waals surface area contributed by atoms with Crippen LogP contribution in [0.2, 0.25) is 0 Å². The van der Waals surface area contributed by atoms with Gasteiger partial charge in [0, 0.05) is 16.7 Å². The molecule has 0 saturated heterocycles. The lowest BCUT2D eigenvalue weighted by molar-refractivity contribution is 0.430. The molecule has 0 aromatic heterocycles. The smallest absolute Gasteiger partial charge is 0.245 e. The number of terminal acetylenes is 1. The van der Waals surface area contributed by atoms with Crippen LogP contribution in [0.5, 0.6) is 0 Å². The Morgan fingerprint density at radius 2 is 2.16 bits per heavy atom. The summed E-state index contributed by atoms with van der Waals surface area (Å²) in [7, 11) is -3.58. The van der Waals surface area contributed by atoms with Crippen molar-refractivity contribution in [2.75, 3.05) is 18.8 Å². The Balaban J connectivity index is 2.35. The molecule has 1 aliphatic rings. The molecular weight excluding hydrogens is 328 g/mol. The fourth-order valence-corrected chi connectivity index (χ4v) is 4.29. The number of rotatable bonds is 5. The zero-order valence-electron chi connectivity index (χ0n) is 10.3. The summed E-state index contributed by atoms with van der Waals surface area (Å²) in [6, 6.07) is 4.66. The number of halogens is 1. The van der Waals surface area contributed by atoms with E-state index >= 15 is 0 Å².